The molecule has 3 heterocycles. The van der Waals surface area contributed by atoms with Crippen molar-refractivity contribution < 1.29 is 9.18 Å². The summed E-state index contributed by atoms with van der Waals surface area (Å²) in [6.07, 6.45) is 6.82. The Labute approximate surface area is 188 Å². The van der Waals surface area contributed by atoms with Gasteiger partial charge in [0.2, 0.25) is 5.43 Å². The summed E-state index contributed by atoms with van der Waals surface area (Å²) in [6.45, 7) is 9.22. The molecule has 0 bridgehead atoms. The van der Waals surface area contributed by atoms with E-state index in [9.17, 15) is 9.59 Å². The van der Waals surface area contributed by atoms with Gasteiger partial charge >= 0.3 is 0 Å². The summed E-state index contributed by atoms with van der Waals surface area (Å²) in [5.41, 5.74) is 1.14. The van der Waals surface area contributed by atoms with Crippen molar-refractivity contribution in [1.82, 2.24) is 14.4 Å². The van der Waals surface area contributed by atoms with Crippen LogP contribution in [-0.4, -0.2) is 65.6 Å². The number of piperazine rings is 1. The van der Waals surface area contributed by atoms with Gasteiger partial charge in [0.25, 0.3) is 5.91 Å². The largest absolute Gasteiger partial charge is 0.367 e. The average Bonchev–Trinajstić information content (AvgIpc) is 3.65. The minimum absolute atomic E-state index is 0.127. The number of anilines is 1. The number of rotatable bonds is 4. The van der Waals surface area contributed by atoms with Gasteiger partial charge in [0.05, 0.1) is 11.2 Å². The van der Waals surface area contributed by atoms with Crippen LogP contribution in [0.15, 0.2) is 23.1 Å². The predicted molar refractivity (Wildman–Crippen MR) is 125 cm³/mol. The number of carbonyl (C=O) groups excluding carboxylic acids is 1. The Bertz CT molecular complexity index is 1090. The lowest BCUT2D eigenvalue weighted by Crippen LogP contribution is -2.46. The molecule has 7 heteroatoms. The number of halogens is 1. The van der Waals surface area contributed by atoms with Crippen molar-refractivity contribution in [3.8, 4) is 0 Å². The van der Waals surface area contributed by atoms with Gasteiger partial charge in [-0.15, -0.1) is 0 Å². The number of nitrogens with zero attached hydrogens (tertiary/aromatic N) is 4. The number of fused-ring (bicyclic) bond motifs is 1. The van der Waals surface area contributed by atoms with Crippen molar-refractivity contribution in [2.45, 2.75) is 58.0 Å². The number of likely N-dealkylation sites (N-methyl/N-ethyl adjacent to an activating group) is 1. The van der Waals surface area contributed by atoms with Crippen LogP contribution in [0.2, 0.25) is 0 Å². The van der Waals surface area contributed by atoms with E-state index < -0.39 is 0 Å². The second-order valence-electron chi connectivity index (χ2n) is 9.60. The number of amides is 1. The number of hydrogen-bond acceptors (Lipinski definition) is 4. The summed E-state index contributed by atoms with van der Waals surface area (Å²) in [7, 11) is 0. The molecule has 0 spiro atoms. The Morgan fingerprint density at radius 2 is 1.81 bits per heavy atom. The van der Waals surface area contributed by atoms with Gasteiger partial charge in [-0.1, -0.05) is 6.92 Å². The van der Waals surface area contributed by atoms with Gasteiger partial charge in [0, 0.05) is 56.4 Å². The molecule has 1 atom stereocenters. The molecule has 0 N–H and O–H groups in total. The predicted octanol–water partition coefficient (Wildman–Crippen LogP) is 3.63. The normalized spacial score (nSPS) is 22.5. The van der Waals surface area contributed by atoms with Crippen LogP contribution in [0.5, 0.6) is 0 Å². The molecule has 172 valence electrons. The molecule has 1 amide bonds. The minimum Gasteiger partial charge on any atom is -0.367 e. The Balaban J connectivity index is 1.57. The second-order valence-corrected chi connectivity index (χ2v) is 9.60. The molecule has 32 heavy (non-hydrogen) atoms. The molecular weight excluding hydrogens is 407 g/mol. The zero-order valence-corrected chi connectivity index (χ0v) is 19.1. The number of carbonyl (C=O) groups is 1. The molecule has 2 aromatic rings. The van der Waals surface area contributed by atoms with E-state index in [4.69, 9.17) is 0 Å². The van der Waals surface area contributed by atoms with Crippen molar-refractivity contribution in [1.29, 1.82) is 0 Å². The molecule has 6 nitrogen and oxygen atoms in total. The van der Waals surface area contributed by atoms with Crippen LogP contribution in [0.3, 0.4) is 0 Å². The Morgan fingerprint density at radius 1 is 1.06 bits per heavy atom. The fourth-order valence-electron chi connectivity index (χ4n) is 5.27. The highest BCUT2D eigenvalue weighted by Crippen LogP contribution is 2.38. The van der Waals surface area contributed by atoms with E-state index in [1.54, 1.807) is 6.20 Å². The number of benzene rings is 1. The first-order valence-electron chi connectivity index (χ1n) is 12.1. The van der Waals surface area contributed by atoms with Crippen molar-refractivity contribution in [2.24, 2.45) is 0 Å². The van der Waals surface area contributed by atoms with Crippen LogP contribution in [0.25, 0.3) is 10.9 Å². The fourth-order valence-corrected chi connectivity index (χ4v) is 5.27. The second kappa shape index (κ2) is 8.50. The maximum atomic E-state index is 15.3. The van der Waals surface area contributed by atoms with Gasteiger partial charge in [-0.25, -0.2) is 4.39 Å². The lowest BCUT2D eigenvalue weighted by molar-refractivity contribution is 0.0633. The highest BCUT2D eigenvalue weighted by Gasteiger charge is 2.31. The van der Waals surface area contributed by atoms with Gasteiger partial charge < -0.3 is 19.3 Å². The monoisotopic (exact) mass is 440 g/mol. The van der Waals surface area contributed by atoms with Gasteiger partial charge in [0.15, 0.2) is 0 Å². The summed E-state index contributed by atoms with van der Waals surface area (Å²) >= 11 is 0. The van der Waals surface area contributed by atoms with Crippen LogP contribution >= 0.6 is 0 Å². The molecule has 2 saturated heterocycles. The van der Waals surface area contributed by atoms with Crippen molar-refractivity contribution >= 4 is 22.5 Å². The van der Waals surface area contributed by atoms with Gasteiger partial charge in [0.1, 0.15) is 11.4 Å². The SMILES string of the molecule is CCN1CCN(c2cc3c(cc2F)c(=O)c(C(=O)N2CCCC[C@H]2C)cn3C2CC2)CC1. The van der Waals surface area contributed by atoms with Crippen LogP contribution in [0, 0.1) is 5.82 Å². The maximum Gasteiger partial charge on any atom is 0.259 e. The quantitative estimate of drug-likeness (QED) is 0.729. The van der Waals surface area contributed by atoms with E-state index >= 15 is 4.39 Å². The highest BCUT2D eigenvalue weighted by molar-refractivity contribution is 5.98. The van der Waals surface area contributed by atoms with Gasteiger partial charge in [-0.2, -0.15) is 0 Å². The summed E-state index contributed by atoms with van der Waals surface area (Å²) in [5, 5.41) is 0.320. The maximum absolute atomic E-state index is 15.3. The molecule has 0 unspecified atom stereocenters. The van der Waals surface area contributed by atoms with Crippen LogP contribution < -0.4 is 10.3 Å². The Morgan fingerprint density at radius 3 is 2.47 bits per heavy atom. The van der Waals surface area contributed by atoms with Gasteiger partial charge in [-0.3, -0.25) is 9.59 Å². The van der Waals surface area contributed by atoms with Crippen molar-refractivity contribution in [3.63, 3.8) is 0 Å². The highest BCUT2D eigenvalue weighted by atomic mass is 19.1. The van der Waals surface area contributed by atoms with Crippen LogP contribution in [0.4, 0.5) is 10.1 Å². The topological polar surface area (TPSA) is 48.8 Å². The number of likely N-dealkylation sites (tertiary alicyclic amines) is 1. The zero-order chi connectivity index (χ0) is 22.4. The molecule has 1 aromatic carbocycles. The molecule has 0 radical (unpaired) electrons. The Hall–Kier alpha value is -2.41. The molecule has 1 aromatic heterocycles. The number of aromatic nitrogens is 1. The van der Waals surface area contributed by atoms with E-state index in [-0.39, 0.29) is 34.8 Å². The first kappa shape index (κ1) is 21.4. The third kappa shape index (κ3) is 3.81. The lowest BCUT2D eigenvalue weighted by atomic mass is 10.0. The van der Waals surface area contributed by atoms with E-state index in [1.807, 2.05) is 17.9 Å². The molecule has 5 rings (SSSR count). The molecule has 1 saturated carbocycles. The van der Waals surface area contributed by atoms with E-state index in [1.165, 1.54) is 6.07 Å². The van der Waals surface area contributed by atoms with E-state index in [0.29, 0.717) is 17.6 Å². The minimum atomic E-state index is -0.377. The average molecular weight is 441 g/mol. The number of hydrogen-bond donors (Lipinski definition) is 0. The van der Waals surface area contributed by atoms with Crippen molar-refractivity contribution in [2.75, 3.05) is 44.2 Å². The molecule has 3 fully saturated rings. The van der Waals surface area contributed by atoms with Gasteiger partial charge in [-0.05, 0) is 57.7 Å². The lowest BCUT2D eigenvalue weighted by Gasteiger charge is -2.36. The first-order chi connectivity index (χ1) is 15.5. The summed E-state index contributed by atoms with van der Waals surface area (Å²) < 4.78 is 17.3. The Kier molecular flexibility index (Phi) is 5.70. The smallest absolute Gasteiger partial charge is 0.259 e. The van der Waals surface area contributed by atoms with E-state index in [0.717, 1.165) is 70.3 Å². The fraction of sp³-hybridized carbons (Fsp3) is 0.600. The molecular formula is C25H33FN4O2. The van der Waals surface area contributed by atoms with Crippen LogP contribution in [-0.2, 0) is 0 Å². The molecule has 3 aliphatic rings. The zero-order valence-electron chi connectivity index (χ0n) is 19.1. The standard InChI is InChI=1S/C25H33FN4O2/c1-3-27-10-12-28(13-11-27)23-15-22-19(14-21(23)26)24(31)20(16-30(22)18-7-8-18)25(32)29-9-5-4-6-17(29)2/h14-18H,3-13H2,1-2H3/t17-/m1/s1. The summed E-state index contributed by atoms with van der Waals surface area (Å²) in [4.78, 5) is 33.0. The van der Waals surface area contributed by atoms with E-state index in [2.05, 4.69) is 21.3 Å². The number of pyridine rings is 1. The third-order valence-electron chi connectivity index (χ3n) is 7.50. The third-order valence-corrected chi connectivity index (χ3v) is 7.50. The first-order valence-corrected chi connectivity index (χ1v) is 12.1. The molecule has 2 aliphatic heterocycles. The summed E-state index contributed by atoms with van der Waals surface area (Å²) in [5.74, 6) is -0.587. The number of piperidine rings is 1. The van der Waals surface area contributed by atoms with Crippen molar-refractivity contribution in [3.05, 3.63) is 39.9 Å². The van der Waals surface area contributed by atoms with Crippen LogP contribution in [0.1, 0.15) is 62.4 Å². The summed E-state index contributed by atoms with van der Waals surface area (Å²) in [6, 6.07) is 3.61. The molecule has 1 aliphatic carbocycles.